The minimum Gasteiger partial charge on any atom is -0.504 e. The first-order chi connectivity index (χ1) is 4.20. The first-order valence-electron chi connectivity index (χ1n) is 2.20. The van der Waals surface area contributed by atoms with Crippen LogP contribution in [-0.2, 0) is 0 Å². The zero-order valence-corrected chi connectivity index (χ0v) is 5.06. The van der Waals surface area contributed by atoms with E-state index in [2.05, 4.69) is 4.98 Å². The van der Waals surface area contributed by atoms with E-state index in [1.54, 1.807) is 0 Å². The van der Waals surface area contributed by atoms with Crippen LogP contribution < -0.4 is 0 Å². The van der Waals surface area contributed by atoms with E-state index >= 15 is 0 Å². The Balaban J connectivity index is 3.17. The number of halogens is 2. The standard InChI is InChI=1S/C5H3ClFNO/c6-3-1-4(9)5(7)8-2-3/h1-2,9H. The van der Waals surface area contributed by atoms with Crippen LogP contribution in [0.15, 0.2) is 12.3 Å². The normalized spacial score (nSPS) is 9.56. The Labute approximate surface area is 55.9 Å². The van der Waals surface area contributed by atoms with E-state index in [4.69, 9.17) is 16.7 Å². The molecule has 0 unspecified atom stereocenters. The van der Waals surface area contributed by atoms with Crippen LogP contribution in [0.5, 0.6) is 5.75 Å². The van der Waals surface area contributed by atoms with Gasteiger partial charge in [-0.25, -0.2) is 4.98 Å². The molecule has 1 aromatic heterocycles. The lowest BCUT2D eigenvalue weighted by molar-refractivity contribution is 0.419. The summed E-state index contributed by atoms with van der Waals surface area (Å²) in [4.78, 5) is 3.13. The van der Waals surface area contributed by atoms with Crippen molar-refractivity contribution < 1.29 is 9.50 Å². The first kappa shape index (κ1) is 6.29. The maximum Gasteiger partial charge on any atom is 0.255 e. The average molecular weight is 148 g/mol. The van der Waals surface area contributed by atoms with Crippen molar-refractivity contribution >= 4 is 11.6 Å². The van der Waals surface area contributed by atoms with Gasteiger partial charge in [0.25, 0.3) is 5.95 Å². The van der Waals surface area contributed by atoms with Gasteiger partial charge in [0.2, 0.25) is 0 Å². The van der Waals surface area contributed by atoms with Crippen LogP contribution in [0.3, 0.4) is 0 Å². The van der Waals surface area contributed by atoms with Crippen LogP contribution in [0.4, 0.5) is 4.39 Å². The summed E-state index contributed by atoms with van der Waals surface area (Å²) < 4.78 is 12.1. The quantitative estimate of drug-likeness (QED) is 0.566. The molecular formula is C5H3ClFNO. The highest BCUT2D eigenvalue weighted by Crippen LogP contribution is 2.16. The summed E-state index contributed by atoms with van der Waals surface area (Å²) in [5, 5.41) is 8.79. The van der Waals surface area contributed by atoms with Crippen LogP contribution >= 0.6 is 11.6 Å². The van der Waals surface area contributed by atoms with Gasteiger partial charge in [-0.1, -0.05) is 11.6 Å². The largest absolute Gasteiger partial charge is 0.504 e. The van der Waals surface area contributed by atoms with Gasteiger partial charge in [-0.15, -0.1) is 0 Å². The Kier molecular flexibility index (Phi) is 1.53. The van der Waals surface area contributed by atoms with Gasteiger partial charge in [0, 0.05) is 12.3 Å². The lowest BCUT2D eigenvalue weighted by Crippen LogP contribution is -1.80. The third-order valence-corrected chi connectivity index (χ3v) is 0.994. The average Bonchev–Trinajstić information content (AvgIpc) is 1.80. The molecule has 48 valence electrons. The van der Waals surface area contributed by atoms with E-state index in [9.17, 15) is 4.39 Å². The summed E-state index contributed by atoms with van der Waals surface area (Å²) >= 11 is 5.33. The van der Waals surface area contributed by atoms with Crippen molar-refractivity contribution in [3.63, 3.8) is 0 Å². The Morgan fingerprint density at radius 1 is 1.67 bits per heavy atom. The number of pyridine rings is 1. The van der Waals surface area contributed by atoms with E-state index < -0.39 is 11.7 Å². The second-order valence-electron chi connectivity index (χ2n) is 1.46. The highest BCUT2D eigenvalue weighted by atomic mass is 35.5. The molecule has 0 saturated heterocycles. The molecule has 0 atom stereocenters. The molecular weight excluding hydrogens is 145 g/mol. The predicted octanol–water partition coefficient (Wildman–Crippen LogP) is 1.58. The first-order valence-corrected chi connectivity index (χ1v) is 2.58. The number of aromatic nitrogens is 1. The second kappa shape index (κ2) is 2.19. The molecule has 1 N–H and O–H groups in total. The molecule has 0 saturated carbocycles. The lowest BCUT2D eigenvalue weighted by Gasteiger charge is -1.91. The number of hydrogen-bond donors (Lipinski definition) is 1. The van der Waals surface area contributed by atoms with Crippen LogP contribution in [0, 0.1) is 5.95 Å². The van der Waals surface area contributed by atoms with Gasteiger partial charge in [0.1, 0.15) is 0 Å². The topological polar surface area (TPSA) is 33.1 Å². The number of hydrogen-bond acceptors (Lipinski definition) is 2. The fraction of sp³-hybridized carbons (Fsp3) is 0. The predicted molar refractivity (Wildman–Crippen MR) is 30.9 cm³/mol. The van der Waals surface area contributed by atoms with Crippen LogP contribution in [-0.4, -0.2) is 10.1 Å². The number of aromatic hydroxyl groups is 1. The fourth-order valence-electron chi connectivity index (χ4n) is 0.412. The van der Waals surface area contributed by atoms with Crippen LogP contribution in [0.1, 0.15) is 0 Å². The summed E-state index contributed by atoms with van der Waals surface area (Å²) in [5.74, 6) is -1.43. The Hall–Kier alpha value is -0.830. The van der Waals surface area contributed by atoms with Gasteiger partial charge < -0.3 is 5.11 Å². The SMILES string of the molecule is Oc1cc(Cl)cnc1F. The third kappa shape index (κ3) is 1.29. The Morgan fingerprint density at radius 3 is 2.78 bits per heavy atom. The zero-order valence-electron chi connectivity index (χ0n) is 4.31. The van der Waals surface area contributed by atoms with Gasteiger partial charge in [-0.05, 0) is 0 Å². The molecule has 4 heteroatoms. The van der Waals surface area contributed by atoms with Gasteiger partial charge in [0.05, 0.1) is 5.02 Å². The number of rotatable bonds is 0. The van der Waals surface area contributed by atoms with E-state index in [1.807, 2.05) is 0 Å². The molecule has 1 heterocycles. The molecule has 0 amide bonds. The van der Waals surface area contributed by atoms with E-state index in [-0.39, 0.29) is 5.02 Å². The summed E-state index contributed by atoms with van der Waals surface area (Å²) in [7, 11) is 0. The van der Waals surface area contributed by atoms with Gasteiger partial charge in [0.15, 0.2) is 5.75 Å². The molecule has 0 fully saturated rings. The molecule has 0 spiro atoms. The van der Waals surface area contributed by atoms with Crippen molar-refractivity contribution in [1.82, 2.24) is 4.98 Å². The summed E-state index contributed by atoms with van der Waals surface area (Å²) in [5.41, 5.74) is 0. The molecule has 0 bridgehead atoms. The molecule has 0 radical (unpaired) electrons. The molecule has 9 heavy (non-hydrogen) atoms. The van der Waals surface area contributed by atoms with Gasteiger partial charge in [-0.3, -0.25) is 0 Å². The van der Waals surface area contributed by atoms with Crippen molar-refractivity contribution in [2.45, 2.75) is 0 Å². The highest BCUT2D eigenvalue weighted by Gasteiger charge is 1.99. The van der Waals surface area contributed by atoms with Crippen molar-refractivity contribution in [3.8, 4) is 5.75 Å². The lowest BCUT2D eigenvalue weighted by atomic mass is 10.4. The molecule has 0 aliphatic carbocycles. The summed E-state index contributed by atoms with van der Waals surface area (Å²) in [6, 6.07) is 1.09. The van der Waals surface area contributed by atoms with E-state index in [0.29, 0.717) is 0 Å². The van der Waals surface area contributed by atoms with Crippen molar-refractivity contribution in [2.24, 2.45) is 0 Å². The Bertz CT molecular complexity index is 228. The fourth-order valence-corrected chi connectivity index (χ4v) is 0.564. The maximum absolute atomic E-state index is 12.1. The third-order valence-electron chi connectivity index (χ3n) is 0.787. The highest BCUT2D eigenvalue weighted by molar-refractivity contribution is 6.30. The molecule has 1 aromatic rings. The maximum atomic E-state index is 12.1. The summed E-state index contributed by atoms with van der Waals surface area (Å²) in [6.45, 7) is 0. The summed E-state index contributed by atoms with van der Waals surface area (Å²) in [6.07, 6.45) is 1.12. The molecule has 0 aliphatic rings. The molecule has 2 nitrogen and oxygen atoms in total. The molecule has 0 aromatic carbocycles. The molecule has 0 aliphatic heterocycles. The minimum absolute atomic E-state index is 0.217. The van der Waals surface area contributed by atoms with Crippen molar-refractivity contribution in [1.29, 1.82) is 0 Å². The smallest absolute Gasteiger partial charge is 0.255 e. The van der Waals surface area contributed by atoms with E-state index in [1.165, 1.54) is 0 Å². The monoisotopic (exact) mass is 147 g/mol. The minimum atomic E-state index is -0.903. The van der Waals surface area contributed by atoms with E-state index in [0.717, 1.165) is 12.3 Å². The van der Waals surface area contributed by atoms with Crippen molar-refractivity contribution in [3.05, 3.63) is 23.2 Å². The Morgan fingerprint density at radius 2 is 2.33 bits per heavy atom. The molecule has 1 rings (SSSR count). The van der Waals surface area contributed by atoms with Gasteiger partial charge >= 0.3 is 0 Å². The van der Waals surface area contributed by atoms with Crippen molar-refractivity contribution in [2.75, 3.05) is 0 Å². The number of nitrogens with zero attached hydrogens (tertiary/aromatic N) is 1. The van der Waals surface area contributed by atoms with Crippen LogP contribution in [0.2, 0.25) is 5.02 Å². The van der Waals surface area contributed by atoms with Gasteiger partial charge in [-0.2, -0.15) is 4.39 Å². The van der Waals surface area contributed by atoms with Crippen LogP contribution in [0.25, 0.3) is 0 Å². The zero-order chi connectivity index (χ0) is 6.85. The second-order valence-corrected chi connectivity index (χ2v) is 1.90.